The number of anilines is 1. The number of halogens is 3. The normalized spacial score (nSPS) is 11.4. The summed E-state index contributed by atoms with van der Waals surface area (Å²) in [5, 5.41) is 6.89. The highest BCUT2D eigenvalue weighted by Crippen LogP contribution is 2.25. The summed E-state index contributed by atoms with van der Waals surface area (Å²) in [7, 11) is 0. The highest BCUT2D eigenvalue weighted by molar-refractivity contribution is 6.31. The molecule has 0 aliphatic carbocycles. The van der Waals surface area contributed by atoms with Crippen molar-refractivity contribution in [2.75, 3.05) is 5.32 Å². The van der Waals surface area contributed by atoms with E-state index in [2.05, 4.69) is 15.6 Å². The first-order chi connectivity index (χ1) is 15.2. The van der Waals surface area contributed by atoms with Gasteiger partial charge in [-0.05, 0) is 54.1 Å². The number of hydrogen-bond donors (Lipinski definition) is 2. The van der Waals surface area contributed by atoms with Crippen LogP contribution in [-0.4, -0.2) is 16.8 Å². The van der Waals surface area contributed by atoms with Gasteiger partial charge >= 0.3 is 0 Å². The number of nitrogens with zero attached hydrogens (tertiary/aromatic N) is 1. The van der Waals surface area contributed by atoms with E-state index < -0.39 is 11.2 Å². The van der Waals surface area contributed by atoms with E-state index >= 15 is 0 Å². The largest absolute Gasteiger partial charge is 0.352 e. The van der Waals surface area contributed by atoms with Gasteiger partial charge in [0.15, 0.2) is 0 Å². The Morgan fingerprint density at radius 3 is 2.66 bits per heavy atom. The molecule has 0 unspecified atom stereocenters. The number of fused-ring (bicyclic) bond motifs is 1. The van der Waals surface area contributed by atoms with E-state index in [0.717, 1.165) is 5.39 Å². The summed E-state index contributed by atoms with van der Waals surface area (Å²) >= 11 is 5.92. The van der Waals surface area contributed by atoms with Gasteiger partial charge in [-0.15, -0.1) is 0 Å². The van der Waals surface area contributed by atoms with Gasteiger partial charge in [-0.25, -0.2) is 13.8 Å². The molecule has 0 spiro atoms. The zero-order valence-electron chi connectivity index (χ0n) is 17.8. The molecule has 2 amide bonds. The summed E-state index contributed by atoms with van der Waals surface area (Å²) < 4.78 is 26.9. The molecule has 2 aromatic carbocycles. The minimum Gasteiger partial charge on any atom is -0.352 e. The molecule has 0 bridgehead atoms. The molecule has 32 heavy (non-hydrogen) atoms. The summed E-state index contributed by atoms with van der Waals surface area (Å²) in [5.74, 6) is -1.000. The standard InChI is InChI=1S/C24H24ClF2N3O2/c1-24(2,23(32)29-14-16-5-3-6-19(27)22(16)25)10-4-7-21(31)30-20-12-17-11-18(26)9-8-15(17)13-28-20/h3,5-6,8-9,11-13H,4,7,10,14H2,1-2H3,(H,29,32)(H,28,30,31). The molecule has 0 aliphatic rings. The second-order valence-electron chi connectivity index (χ2n) is 8.24. The molecule has 0 saturated heterocycles. The Labute approximate surface area is 190 Å². The van der Waals surface area contributed by atoms with Crippen LogP contribution in [-0.2, 0) is 16.1 Å². The second kappa shape index (κ2) is 10.0. The second-order valence-corrected chi connectivity index (χ2v) is 8.62. The Hall–Kier alpha value is -3.06. The lowest BCUT2D eigenvalue weighted by Crippen LogP contribution is -2.36. The molecule has 0 fully saturated rings. The first-order valence-corrected chi connectivity index (χ1v) is 10.6. The fourth-order valence-corrected chi connectivity index (χ4v) is 3.48. The lowest BCUT2D eigenvalue weighted by atomic mass is 9.86. The van der Waals surface area contributed by atoms with Gasteiger partial charge in [0.25, 0.3) is 0 Å². The molecular weight excluding hydrogens is 436 g/mol. The molecule has 8 heteroatoms. The van der Waals surface area contributed by atoms with E-state index in [1.165, 1.54) is 24.3 Å². The average molecular weight is 460 g/mol. The molecule has 5 nitrogen and oxygen atoms in total. The molecule has 0 aliphatic heterocycles. The maximum atomic E-state index is 13.5. The van der Waals surface area contributed by atoms with E-state index in [1.54, 1.807) is 38.2 Å². The number of hydrogen-bond acceptors (Lipinski definition) is 3. The van der Waals surface area contributed by atoms with Crippen LogP contribution in [0.15, 0.2) is 48.7 Å². The van der Waals surface area contributed by atoms with Crippen molar-refractivity contribution in [3.8, 4) is 0 Å². The van der Waals surface area contributed by atoms with Gasteiger partial charge in [0.05, 0.1) is 5.02 Å². The molecule has 1 aromatic heterocycles. The van der Waals surface area contributed by atoms with Crippen molar-refractivity contribution in [3.63, 3.8) is 0 Å². The fraction of sp³-hybridized carbons (Fsp3) is 0.292. The van der Waals surface area contributed by atoms with Gasteiger partial charge < -0.3 is 10.6 Å². The van der Waals surface area contributed by atoms with Crippen LogP contribution in [0.1, 0.15) is 38.7 Å². The number of aromatic nitrogens is 1. The number of carbonyl (C=O) groups is 2. The van der Waals surface area contributed by atoms with E-state index in [9.17, 15) is 18.4 Å². The number of nitrogens with one attached hydrogen (secondary N) is 2. The minimum atomic E-state index is -0.723. The quantitative estimate of drug-likeness (QED) is 0.459. The molecule has 2 N–H and O–H groups in total. The monoisotopic (exact) mass is 459 g/mol. The maximum Gasteiger partial charge on any atom is 0.225 e. The number of rotatable bonds is 8. The van der Waals surface area contributed by atoms with Crippen molar-refractivity contribution >= 4 is 40.0 Å². The summed E-state index contributed by atoms with van der Waals surface area (Å²) in [6.07, 6.45) is 2.73. The van der Waals surface area contributed by atoms with E-state index in [1.807, 2.05) is 0 Å². The zero-order chi connectivity index (χ0) is 23.3. The third-order valence-corrected chi connectivity index (χ3v) is 5.67. The lowest BCUT2D eigenvalue weighted by molar-refractivity contribution is -0.130. The van der Waals surface area contributed by atoms with Crippen LogP contribution in [0, 0.1) is 17.0 Å². The average Bonchev–Trinajstić information content (AvgIpc) is 2.74. The number of benzene rings is 2. The number of amides is 2. The van der Waals surface area contributed by atoms with Gasteiger partial charge in [0.1, 0.15) is 17.5 Å². The van der Waals surface area contributed by atoms with Crippen molar-refractivity contribution in [3.05, 3.63) is 70.9 Å². The Balaban J connectivity index is 1.48. The molecule has 168 valence electrons. The minimum absolute atomic E-state index is 0.00712. The predicted molar refractivity (Wildman–Crippen MR) is 121 cm³/mol. The Bertz CT molecular complexity index is 1150. The highest BCUT2D eigenvalue weighted by Gasteiger charge is 2.27. The van der Waals surface area contributed by atoms with Crippen molar-refractivity contribution < 1.29 is 18.4 Å². The first-order valence-electron chi connectivity index (χ1n) is 10.2. The zero-order valence-corrected chi connectivity index (χ0v) is 18.6. The summed E-state index contributed by atoms with van der Waals surface area (Å²) in [6, 6.07) is 10.4. The third kappa shape index (κ3) is 6.01. The molecule has 0 saturated carbocycles. The molecule has 1 heterocycles. The number of pyridine rings is 1. The highest BCUT2D eigenvalue weighted by atomic mass is 35.5. The van der Waals surface area contributed by atoms with Crippen LogP contribution >= 0.6 is 11.6 Å². The Morgan fingerprint density at radius 2 is 1.88 bits per heavy atom. The van der Waals surface area contributed by atoms with Gasteiger partial charge in [0.2, 0.25) is 11.8 Å². The SMILES string of the molecule is CC(C)(CCCC(=O)Nc1cc2cc(F)ccc2cn1)C(=O)NCc1cccc(F)c1Cl. The molecule has 0 radical (unpaired) electrons. The summed E-state index contributed by atoms with van der Waals surface area (Å²) in [4.78, 5) is 29.0. The van der Waals surface area contributed by atoms with Crippen molar-refractivity contribution in [1.29, 1.82) is 0 Å². The predicted octanol–water partition coefficient (Wildman–Crippen LogP) is 5.62. The van der Waals surface area contributed by atoms with Crippen LogP contribution < -0.4 is 10.6 Å². The molecule has 3 aromatic rings. The van der Waals surface area contributed by atoms with Crippen molar-refractivity contribution in [2.24, 2.45) is 5.41 Å². The van der Waals surface area contributed by atoms with Crippen LogP contribution in [0.5, 0.6) is 0 Å². The summed E-state index contributed by atoms with van der Waals surface area (Å²) in [6.45, 7) is 3.69. The van der Waals surface area contributed by atoms with E-state index in [-0.39, 0.29) is 35.6 Å². The van der Waals surface area contributed by atoms with Gasteiger partial charge in [-0.1, -0.05) is 37.6 Å². The fourth-order valence-electron chi connectivity index (χ4n) is 3.29. The maximum absolute atomic E-state index is 13.5. The topological polar surface area (TPSA) is 71.1 Å². The van der Waals surface area contributed by atoms with Crippen LogP contribution in [0.3, 0.4) is 0 Å². The van der Waals surface area contributed by atoms with Crippen molar-refractivity contribution in [1.82, 2.24) is 10.3 Å². The number of carbonyl (C=O) groups excluding carboxylic acids is 2. The first kappa shape index (κ1) is 23.6. The van der Waals surface area contributed by atoms with Crippen LogP contribution in [0.2, 0.25) is 5.02 Å². The van der Waals surface area contributed by atoms with E-state index in [4.69, 9.17) is 11.6 Å². The van der Waals surface area contributed by atoms with Gasteiger partial charge in [0, 0.05) is 30.0 Å². The Kier molecular flexibility index (Phi) is 7.40. The van der Waals surface area contributed by atoms with Gasteiger partial charge in [-0.3, -0.25) is 9.59 Å². The summed E-state index contributed by atoms with van der Waals surface area (Å²) in [5.41, 5.74) is -0.225. The van der Waals surface area contributed by atoms with Crippen LogP contribution in [0.25, 0.3) is 10.8 Å². The van der Waals surface area contributed by atoms with Gasteiger partial charge in [-0.2, -0.15) is 0 Å². The smallest absolute Gasteiger partial charge is 0.225 e. The Morgan fingerprint density at radius 1 is 1.09 bits per heavy atom. The van der Waals surface area contributed by atoms with Crippen molar-refractivity contribution in [2.45, 2.75) is 39.7 Å². The molecule has 0 atom stereocenters. The third-order valence-electron chi connectivity index (χ3n) is 5.24. The van der Waals surface area contributed by atoms with Crippen LogP contribution in [0.4, 0.5) is 14.6 Å². The van der Waals surface area contributed by atoms with E-state index in [0.29, 0.717) is 29.6 Å². The molecule has 3 rings (SSSR count). The molecular formula is C24H24ClF2N3O2. The lowest BCUT2D eigenvalue weighted by Gasteiger charge is -2.23.